The van der Waals surface area contributed by atoms with Gasteiger partial charge in [-0.2, -0.15) is 0 Å². The van der Waals surface area contributed by atoms with Crippen LogP contribution in [0.4, 0.5) is 0 Å². The van der Waals surface area contributed by atoms with Crippen molar-refractivity contribution in [1.29, 1.82) is 0 Å². The summed E-state index contributed by atoms with van der Waals surface area (Å²) in [5.74, 6) is 0.337. The van der Waals surface area contributed by atoms with E-state index in [4.69, 9.17) is 16.3 Å². The number of carbonyl (C=O) groups excluding carboxylic acids is 1. The van der Waals surface area contributed by atoms with Crippen LogP contribution in [-0.4, -0.2) is 20.9 Å². The van der Waals surface area contributed by atoms with E-state index in [0.29, 0.717) is 17.3 Å². The minimum atomic E-state index is -3.55. The number of halogens is 1. The second kappa shape index (κ2) is 7.15. The quantitative estimate of drug-likeness (QED) is 0.640. The predicted molar refractivity (Wildman–Crippen MR) is 95.3 cm³/mol. The lowest BCUT2D eigenvalue weighted by Gasteiger charge is -2.11. The minimum Gasteiger partial charge on any atom is -0.427 e. The Hall–Kier alpha value is -1.89. The molecule has 0 saturated heterocycles. The molecule has 2 aromatic carbocycles. The maximum Gasteiger partial charge on any atom is 0.308 e. The Bertz CT molecular complexity index is 894. The third kappa shape index (κ3) is 4.39. The first-order valence-electron chi connectivity index (χ1n) is 7.89. The zero-order chi connectivity index (χ0) is 18.0. The lowest BCUT2D eigenvalue weighted by atomic mass is 10.1. The number of benzene rings is 2. The van der Waals surface area contributed by atoms with Crippen molar-refractivity contribution in [1.82, 2.24) is 4.72 Å². The third-order valence-corrected chi connectivity index (χ3v) is 5.83. The van der Waals surface area contributed by atoms with Gasteiger partial charge in [-0.15, -0.1) is 0 Å². The van der Waals surface area contributed by atoms with Crippen LogP contribution >= 0.6 is 11.6 Å². The molecule has 0 heterocycles. The van der Waals surface area contributed by atoms with Crippen LogP contribution in [-0.2, 0) is 27.7 Å². The average Bonchev–Trinajstić information content (AvgIpc) is 2.95. The van der Waals surface area contributed by atoms with Crippen LogP contribution in [0, 0.1) is 5.92 Å². The van der Waals surface area contributed by atoms with E-state index < -0.39 is 10.0 Å². The Morgan fingerprint density at radius 3 is 2.52 bits per heavy atom. The van der Waals surface area contributed by atoms with Gasteiger partial charge in [-0.3, -0.25) is 4.79 Å². The summed E-state index contributed by atoms with van der Waals surface area (Å²) in [4.78, 5) is 11.2. The average molecular weight is 380 g/mol. The monoisotopic (exact) mass is 379 g/mol. The number of hydrogen-bond donors (Lipinski definition) is 1. The molecule has 0 aromatic heterocycles. The number of hydrogen-bond acceptors (Lipinski definition) is 4. The lowest BCUT2D eigenvalue weighted by molar-refractivity contribution is -0.131. The lowest BCUT2D eigenvalue weighted by Crippen LogP contribution is -2.29. The van der Waals surface area contributed by atoms with Crippen LogP contribution in [0.1, 0.15) is 18.1 Å². The summed E-state index contributed by atoms with van der Waals surface area (Å²) >= 11 is 5.79. The molecular weight excluding hydrogens is 362 g/mol. The Morgan fingerprint density at radius 2 is 1.84 bits per heavy atom. The van der Waals surface area contributed by atoms with E-state index in [2.05, 4.69) is 4.72 Å². The van der Waals surface area contributed by atoms with Gasteiger partial charge in [-0.1, -0.05) is 17.7 Å². The van der Waals surface area contributed by atoms with E-state index >= 15 is 0 Å². The van der Waals surface area contributed by atoms with Gasteiger partial charge in [0.05, 0.1) is 4.90 Å². The van der Waals surface area contributed by atoms with Crippen LogP contribution in [0.3, 0.4) is 0 Å². The molecule has 0 saturated carbocycles. The molecule has 2 aromatic rings. The number of carbonyl (C=O) groups is 1. The smallest absolute Gasteiger partial charge is 0.308 e. The van der Waals surface area contributed by atoms with E-state index in [1.807, 2.05) is 12.1 Å². The predicted octanol–water partition coefficient (Wildman–Crippen LogP) is 2.96. The summed E-state index contributed by atoms with van der Waals surface area (Å²) in [6.07, 6.45) is 1.53. The van der Waals surface area contributed by atoms with Crippen LogP contribution in [0.15, 0.2) is 47.4 Å². The number of sulfonamides is 1. The summed E-state index contributed by atoms with van der Waals surface area (Å²) in [7, 11) is -3.55. The zero-order valence-electron chi connectivity index (χ0n) is 13.7. The molecule has 0 bridgehead atoms. The van der Waals surface area contributed by atoms with Crippen molar-refractivity contribution in [2.24, 2.45) is 5.92 Å². The SMILES string of the molecule is CC(=O)Oc1ccc2c(c1)CC(CNS(=O)(=O)c1ccc(Cl)cc1)C2. The van der Waals surface area contributed by atoms with Crippen molar-refractivity contribution >= 4 is 27.6 Å². The van der Waals surface area contributed by atoms with Gasteiger partial charge in [0.2, 0.25) is 10.0 Å². The fourth-order valence-corrected chi connectivity index (χ4v) is 4.23. The number of esters is 1. The second-order valence-electron chi connectivity index (χ2n) is 6.10. The largest absolute Gasteiger partial charge is 0.427 e. The van der Waals surface area contributed by atoms with E-state index in [1.54, 1.807) is 18.2 Å². The highest BCUT2D eigenvalue weighted by Gasteiger charge is 2.24. The Kier molecular flexibility index (Phi) is 5.13. The van der Waals surface area contributed by atoms with Crippen molar-refractivity contribution < 1.29 is 17.9 Å². The third-order valence-electron chi connectivity index (χ3n) is 4.14. The molecule has 1 atom stereocenters. The molecule has 0 fully saturated rings. The second-order valence-corrected chi connectivity index (χ2v) is 8.31. The molecule has 5 nitrogen and oxygen atoms in total. The van der Waals surface area contributed by atoms with E-state index in [0.717, 1.165) is 24.0 Å². The molecule has 1 unspecified atom stereocenters. The van der Waals surface area contributed by atoms with Crippen molar-refractivity contribution in [3.63, 3.8) is 0 Å². The molecule has 25 heavy (non-hydrogen) atoms. The first-order chi connectivity index (χ1) is 11.8. The molecule has 7 heteroatoms. The molecule has 1 N–H and O–H groups in total. The molecule has 0 spiro atoms. The summed E-state index contributed by atoms with van der Waals surface area (Å²) in [6, 6.07) is 11.6. The maximum absolute atomic E-state index is 12.3. The van der Waals surface area contributed by atoms with Gasteiger partial charge in [-0.05, 0) is 66.3 Å². The highest BCUT2D eigenvalue weighted by molar-refractivity contribution is 7.89. The first kappa shape index (κ1) is 17.9. The van der Waals surface area contributed by atoms with Crippen LogP contribution in [0.5, 0.6) is 5.75 Å². The Balaban J connectivity index is 1.63. The van der Waals surface area contributed by atoms with Gasteiger partial charge < -0.3 is 4.74 Å². The van der Waals surface area contributed by atoms with Gasteiger partial charge in [0, 0.05) is 18.5 Å². The highest BCUT2D eigenvalue weighted by Crippen LogP contribution is 2.30. The highest BCUT2D eigenvalue weighted by atomic mass is 35.5. The molecule has 3 rings (SSSR count). The molecule has 1 aliphatic carbocycles. The number of rotatable bonds is 5. The summed E-state index contributed by atoms with van der Waals surface area (Å²) in [5, 5.41) is 0.494. The van der Waals surface area contributed by atoms with Gasteiger partial charge in [0.15, 0.2) is 0 Å². The molecule has 132 valence electrons. The molecule has 0 radical (unpaired) electrons. The fourth-order valence-electron chi connectivity index (χ4n) is 2.98. The summed E-state index contributed by atoms with van der Waals surface area (Å²) < 4.78 is 32.4. The maximum atomic E-state index is 12.3. The van der Waals surface area contributed by atoms with Crippen molar-refractivity contribution in [3.8, 4) is 5.75 Å². The first-order valence-corrected chi connectivity index (χ1v) is 9.75. The van der Waals surface area contributed by atoms with Gasteiger partial charge in [0.1, 0.15) is 5.75 Å². The minimum absolute atomic E-state index is 0.171. The topological polar surface area (TPSA) is 72.5 Å². The van der Waals surface area contributed by atoms with Crippen LogP contribution in [0.2, 0.25) is 5.02 Å². The van der Waals surface area contributed by atoms with E-state index in [1.165, 1.54) is 19.1 Å². The summed E-state index contributed by atoms with van der Waals surface area (Å²) in [6.45, 7) is 1.71. The van der Waals surface area contributed by atoms with Crippen molar-refractivity contribution in [2.75, 3.05) is 6.54 Å². The van der Waals surface area contributed by atoms with Crippen LogP contribution < -0.4 is 9.46 Å². The Labute approximate surface area is 152 Å². The molecular formula is C18H18ClNO4S. The van der Waals surface area contributed by atoms with E-state index in [9.17, 15) is 13.2 Å². The fraction of sp³-hybridized carbons (Fsp3) is 0.278. The Morgan fingerprint density at radius 1 is 1.16 bits per heavy atom. The van der Waals surface area contributed by atoms with Crippen molar-refractivity contribution in [3.05, 3.63) is 58.6 Å². The number of ether oxygens (including phenoxy) is 1. The number of nitrogens with one attached hydrogen (secondary N) is 1. The van der Waals surface area contributed by atoms with Gasteiger partial charge in [-0.25, -0.2) is 13.1 Å². The van der Waals surface area contributed by atoms with Gasteiger partial charge >= 0.3 is 5.97 Å². The molecule has 1 aliphatic rings. The normalized spacial score (nSPS) is 16.5. The number of fused-ring (bicyclic) bond motifs is 1. The van der Waals surface area contributed by atoms with Gasteiger partial charge in [0.25, 0.3) is 0 Å². The van der Waals surface area contributed by atoms with E-state index in [-0.39, 0.29) is 16.8 Å². The standard InChI is InChI=1S/C18H18ClNO4S/c1-12(21)24-17-5-2-14-8-13(9-15(14)10-17)11-20-25(22,23)18-6-3-16(19)4-7-18/h2-7,10,13,20H,8-9,11H2,1H3. The van der Waals surface area contributed by atoms with Crippen LogP contribution in [0.25, 0.3) is 0 Å². The van der Waals surface area contributed by atoms with Crippen molar-refractivity contribution in [2.45, 2.75) is 24.7 Å². The molecule has 0 aliphatic heterocycles. The summed E-state index contributed by atoms with van der Waals surface area (Å²) in [5.41, 5.74) is 2.25. The zero-order valence-corrected chi connectivity index (χ0v) is 15.2. The molecule has 0 amide bonds.